The van der Waals surface area contributed by atoms with Crippen LogP contribution in [-0.2, 0) is 0 Å². The van der Waals surface area contributed by atoms with E-state index in [1.54, 1.807) is 37.7 Å². The fourth-order valence-electron chi connectivity index (χ4n) is 1.45. The molecule has 0 unspecified atom stereocenters. The Bertz CT molecular complexity index is 514. The predicted molar refractivity (Wildman–Crippen MR) is 68.6 cm³/mol. The van der Waals surface area contributed by atoms with Gasteiger partial charge in [-0.25, -0.2) is 9.97 Å². The van der Waals surface area contributed by atoms with Crippen molar-refractivity contribution in [3.05, 3.63) is 35.6 Å². The third kappa shape index (κ3) is 2.47. The molecule has 1 aromatic carbocycles. The molecule has 0 atom stereocenters. The van der Waals surface area contributed by atoms with Gasteiger partial charge < -0.3 is 10.1 Å². The molecule has 0 spiro atoms. The number of nitrogens with one attached hydrogen (secondary N) is 1. The van der Waals surface area contributed by atoms with Crippen molar-refractivity contribution in [3.63, 3.8) is 0 Å². The number of nitrogens with zero attached hydrogens (tertiary/aromatic N) is 2. The van der Waals surface area contributed by atoms with Crippen LogP contribution in [0.1, 0.15) is 0 Å². The molecule has 1 aromatic heterocycles. The average molecular weight is 250 g/mol. The zero-order valence-electron chi connectivity index (χ0n) is 9.57. The summed E-state index contributed by atoms with van der Waals surface area (Å²) in [6, 6.07) is 5.35. The molecule has 0 amide bonds. The first-order valence-electron chi connectivity index (χ1n) is 5.08. The molecular weight excluding hydrogens is 238 g/mol. The maximum atomic E-state index is 5.96. The standard InChI is InChI=1S/C12H12ClN3O/c1-14-9-6-15-12(16-7-9)10-5-8(13)3-4-11(10)17-2/h3-7,14H,1-2H3. The van der Waals surface area contributed by atoms with Crippen LogP contribution in [-0.4, -0.2) is 24.1 Å². The minimum atomic E-state index is 0.586. The van der Waals surface area contributed by atoms with Gasteiger partial charge in [-0.2, -0.15) is 0 Å². The molecule has 17 heavy (non-hydrogen) atoms. The van der Waals surface area contributed by atoms with Crippen molar-refractivity contribution < 1.29 is 4.74 Å². The van der Waals surface area contributed by atoms with Gasteiger partial charge in [-0.3, -0.25) is 0 Å². The first kappa shape index (κ1) is 11.7. The van der Waals surface area contributed by atoms with E-state index in [-0.39, 0.29) is 0 Å². The van der Waals surface area contributed by atoms with E-state index in [1.807, 2.05) is 7.05 Å². The maximum Gasteiger partial charge on any atom is 0.163 e. The second-order valence-electron chi connectivity index (χ2n) is 3.39. The number of halogens is 1. The van der Waals surface area contributed by atoms with Crippen molar-refractivity contribution in [1.82, 2.24) is 9.97 Å². The molecule has 1 heterocycles. The molecular formula is C12H12ClN3O. The maximum absolute atomic E-state index is 5.96. The Morgan fingerprint density at radius 1 is 1.24 bits per heavy atom. The van der Waals surface area contributed by atoms with Crippen LogP contribution in [0.4, 0.5) is 5.69 Å². The van der Waals surface area contributed by atoms with E-state index >= 15 is 0 Å². The summed E-state index contributed by atoms with van der Waals surface area (Å²) in [5.74, 6) is 1.29. The van der Waals surface area contributed by atoms with Gasteiger partial charge >= 0.3 is 0 Å². The molecule has 1 N–H and O–H groups in total. The minimum absolute atomic E-state index is 0.586. The summed E-state index contributed by atoms with van der Waals surface area (Å²) in [6.07, 6.45) is 3.42. The molecule has 0 saturated heterocycles. The highest BCUT2D eigenvalue weighted by Gasteiger charge is 2.09. The first-order chi connectivity index (χ1) is 8.24. The normalized spacial score (nSPS) is 10.1. The molecule has 5 heteroatoms. The van der Waals surface area contributed by atoms with Gasteiger partial charge in [0.25, 0.3) is 0 Å². The summed E-state index contributed by atoms with van der Waals surface area (Å²) >= 11 is 5.96. The summed E-state index contributed by atoms with van der Waals surface area (Å²) in [7, 11) is 3.42. The third-order valence-corrected chi connectivity index (χ3v) is 2.58. The van der Waals surface area contributed by atoms with Gasteiger partial charge in [0, 0.05) is 12.1 Å². The highest BCUT2D eigenvalue weighted by molar-refractivity contribution is 6.30. The Hall–Kier alpha value is -1.81. The summed E-state index contributed by atoms with van der Waals surface area (Å²) < 4.78 is 5.26. The van der Waals surface area contributed by atoms with Crippen molar-refractivity contribution in [2.24, 2.45) is 0 Å². The number of hydrogen-bond acceptors (Lipinski definition) is 4. The van der Waals surface area contributed by atoms with Crippen LogP contribution in [0.3, 0.4) is 0 Å². The zero-order valence-corrected chi connectivity index (χ0v) is 10.3. The van der Waals surface area contributed by atoms with E-state index in [1.165, 1.54) is 0 Å². The van der Waals surface area contributed by atoms with Crippen molar-refractivity contribution >= 4 is 17.3 Å². The summed E-state index contributed by atoms with van der Waals surface area (Å²) in [4.78, 5) is 8.51. The largest absolute Gasteiger partial charge is 0.496 e. The van der Waals surface area contributed by atoms with E-state index in [2.05, 4.69) is 15.3 Å². The Morgan fingerprint density at radius 2 is 1.94 bits per heavy atom. The molecule has 2 aromatic rings. The van der Waals surface area contributed by atoms with Crippen LogP contribution < -0.4 is 10.1 Å². The van der Waals surface area contributed by atoms with Crippen LogP contribution in [0.25, 0.3) is 11.4 Å². The van der Waals surface area contributed by atoms with Gasteiger partial charge in [0.1, 0.15) is 5.75 Å². The van der Waals surface area contributed by atoms with Gasteiger partial charge in [-0.05, 0) is 18.2 Å². The molecule has 0 aliphatic carbocycles. The topological polar surface area (TPSA) is 47.0 Å². The van der Waals surface area contributed by atoms with Gasteiger partial charge in [-0.15, -0.1) is 0 Å². The fraction of sp³-hybridized carbons (Fsp3) is 0.167. The Labute approximate surface area is 105 Å². The molecule has 0 aliphatic heterocycles. The van der Waals surface area contributed by atoms with E-state index in [0.717, 1.165) is 11.3 Å². The Morgan fingerprint density at radius 3 is 2.53 bits per heavy atom. The Kier molecular flexibility index (Phi) is 3.44. The SMILES string of the molecule is CNc1cnc(-c2cc(Cl)ccc2OC)nc1. The second-order valence-corrected chi connectivity index (χ2v) is 3.83. The second kappa shape index (κ2) is 5.01. The van der Waals surface area contributed by atoms with Gasteiger partial charge in [0.15, 0.2) is 5.82 Å². The molecule has 88 valence electrons. The fourth-order valence-corrected chi connectivity index (χ4v) is 1.62. The summed E-state index contributed by atoms with van der Waals surface area (Å²) in [5, 5.41) is 3.59. The lowest BCUT2D eigenvalue weighted by Crippen LogP contribution is -1.95. The van der Waals surface area contributed by atoms with E-state index in [4.69, 9.17) is 16.3 Å². The number of aromatic nitrogens is 2. The Balaban J connectivity index is 2.47. The van der Waals surface area contributed by atoms with E-state index in [9.17, 15) is 0 Å². The number of rotatable bonds is 3. The van der Waals surface area contributed by atoms with Crippen LogP contribution in [0, 0.1) is 0 Å². The molecule has 0 radical (unpaired) electrons. The van der Waals surface area contributed by atoms with Gasteiger partial charge in [0.2, 0.25) is 0 Å². The highest BCUT2D eigenvalue weighted by atomic mass is 35.5. The first-order valence-corrected chi connectivity index (χ1v) is 5.46. The molecule has 0 fully saturated rings. The lowest BCUT2D eigenvalue weighted by molar-refractivity contribution is 0.416. The van der Waals surface area contributed by atoms with Crippen LogP contribution >= 0.6 is 11.6 Å². The molecule has 4 nitrogen and oxygen atoms in total. The summed E-state index contributed by atoms with van der Waals surface area (Å²) in [6.45, 7) is 0. The predicted octanol–water partition coefficient (Wildman–Crippen LogP) is 2.85. The van der Waals surface area contributed by atoms with E-state index < -0.39 is 0 Å². The minimum Gasteiger partial charge on any atom is -0.496 e. The quantitative estimate of drug-likeness (QED) is 0.909. The lowest BCUT2D eigenvalue weighted by Gasteiger charge is -2.08. The summed E-state index contributed by atoms with van der Waals surface area (Å²) in [5.41, 5.74) is 1.64. The zero-order chi connectivity index (χ0) is 12.3. The monoisotopic (exact) mass is 249 g/mol. The van der Waals surface area contributed by atoms with Gasteiger partial charge in [-0.1, -0.05) is 11.6 Å². The smallest absolute Gasteiger partial charge is 0.163 e. The van der Waals surface area contributed by atoms with Crippen LogP contribution in [0.15, 0.2) is 30.6 Å². The number of methoxy groups -OCH3 is 1. The van der Waals surface area contributed by atoms with Crippen LogP contribution in [0.2, 0.25) is 5.02 Å². The van der Waals surface area contributed by atoms with Crippen molar-refractivity contribution in [3.8, 4) is 17.1 Å². The van der Waals surface area contributed by atoms with Gasteiger partial charge in [0.05, 0.1) is 30.8 Å². The number of ether oxygens (including phenoxy) is 1. The number of hydrogen-bond donors (Lipinski definition) is 1. The van der Waals surface area contributed by atoms with Crippen molar-refractivity contribution in [2.75, 3.05) is 19.5 Å². The van der Waals surface area contributed by atoms with Crippen LogP contribution in [0.5, 0.6) is 5.75 Å². The molecule has 0 bridgehead atoms. The average Bonchev–Trinajstić information content (AvgIpc) is 2.39. The highest BCUT2D eigenvalue weighted by Crippen LogP contribution is 2.30. The molecule has 0 saturated carbocycles. The number of anilines is 1. The third-order valence-electron chi connectivity index (χ3n) is 2.34. The van der Waals surface area contributed by atoms with Crippen molar-refractivity contribution in [2.45, 2.75) is 0 Å². The van der Waals surface area contributed by atoms with E-state index in [0.29, 0.717) is 16.6 Å². The van der Waals surface area contributed by atoms with Crippen molar-refractivity contribution in [1.29, 1.82) is 0 Å². The lowest BCUT2D eigenvalue weighted by atomic mass is 10.2. The molecule has 2 rings (SSSR count). The number of benzene rings is 1. The molecule has 0 aliphatic rings.